The number of nitrogens with zero attached hydrogens (tertiary/aromatic N) is 5. The first kappa shape index (κ1) is 15.2. The van der Waals surface area contributed by atoms with Crippen LogP contribution in [0.3, 0.4) is 0 Å². The number of hydrogen-bond donors (Lipinski definition) is 0. The van der Waals surface area contributed by atoms with Crippen LogP contribution in [0.2, 0.25) is 0 Å². The van der Waals surface area contributed by atoms with E-state index >= 15 is 0 Å². The van der Waals surface area contributed by atoms with Crippen LogP contribution in [0.4, 0.5) is 11.6 Å². The second-order valence-electron chi connectivity index (χ2n) is 5.98. The zero-order valence-electron chi connectivity index (χ0n) is 12.5. The SMILES string of the molecule is CN(CCC#N)c1cc(N(C)CC(C)(C)C)ncn1. The summed E-state index contributed by atoms with van der Waals surface area (Å²) in [6.45, 7) is 8.20. The monoisotopic (exact) mass is 261 g/mol. The van der Waals surface area contributed by atoms with Crippen molar-refractivity contribution in [1.29, 1.82) is 5.26 Å². The topological polar surface area (TPSA) is 56.1 Å². The van der Waals surface area contributed by atoms with Gasteiger partial charge in [0.25, 0.3) is 0 Å². The zero-order chi connectivity index (χ0) is 14.5. The van der Waals surface area contributed by atoms with Crippen LogP contribution in [-0.2, 0) is 0 Å². The fourth-order valence-electron chi connectivity index (χ4n) is 1.88. The molecule has 0 spiro atoms. The minimum absolute atomic E-state index is 0.215. The predicted molar refractivity (Wildman–Crippen MR) is 78.3 cm³/mol. The Hall–Kier alpha value is -1.83. The molecular formula is C14H23N5. The summed E-state index contributed by atoms with van der Waals surface area (Å²) in [6.07, 6.45) is 2.07. The van der Waals surface area contributed by atoms with Gasteiger partial charge in [0, 0.05) is 33.3 Å². The number of anilines is 2. The number of nitriles is 1. The normalized spacial score (nSPS) is 10.9. The number of hydrogen-bond acceptors (Lipinski definition) is 5. The van der Waals surface area contributed by atoms with Gasteiger partial charge in [0.2, 0.25) is 0 Å². The van der Waals surface area contributed by atoms with Gasteiger partial charge in [0.05, 0.1) is 12.5 Å². The van der Waals surface area contributed by atoms with Crippen molar-refractivity contribution in [3.63, 3.8) is 0 Å². The van der Waals surface area contributed by atoms with Crippen molar-refractivity contribution in [3.05, 3.63) is 12.4 Å². The summed E-state index contributed by atoms with van der Waals surface area (Å²) in [7, 11) is 3.97. The maximum Gasteiger partial charge on any atom is 0.133 e. The van der Waals surface area contributed by atoms with Crippen LogP contribution in [0.5, 0.6) is 0 Å². The quantitative estimate of drug-likeness (QED) is 0.814. The molecule has 0 bridgehead atoms. The van der Waals surface area contributed by atoms with Crippen LogP contribution in [0, 0.1) is 16.7 Å². The molecule has 1 aromatic heterocycles. The molecular weight excluding hydrogens is 238 g/mol. The second-order valence-corrected chi connectivity index (χ2v) is 5.98. The first-order valence-electron chi connectivity index (χ1n) is 6.45. The van der Waals surface area contributed by atoms with Gasteiger partial charge in [0.1, 0.15) is 18.0 Å². The molecule has 0 aliphatic rings. The maximum atomic E-state index is 8.61. The first-order chi connectivity index (χ1) is 8.83. The summed E-state index contributed by atoms with van der Waals surface area (Å²) in [4.78, 5) is 12.7. The fraction of sp³-hybridized carbons (Fsp3) is 0.643. The molecule has 0 N–H and O–H groups in total. The van der Waals surface area contributed by atoms with E-state index in [2.05, 4.69) is 41.7 Å². The third kappa shape index (κ3) is 5.12. The fourth-order valence-corrected chi connectivity index (χ4v) is 1.88. The molecule has 1 aromatic rings. The lowest BCUT2D eigenvalue weighted by atomic mass is 9.96. The van der Waals surface area contributed by atoms with Crippen molar-refractivity contribution in [2.45, 2.75) is 27.2 Å². The van der Waals surface area contributed by atoms with Crippen molar-refractivity contribution in [2.75, 3.05) is 37.0 Å². The second kappa shape index (κ2) is 6.37. The summed E-state index contributed by atoms with van der Waals surface area (Å²) in [5, 5.41) is 8.61. The average Bonchev–Trinajstić information content (AvgIpc) is 2.34. The molecule has 1 heterocycles. The Kier molecular flexibility index (Phi) is 5.11. The van der Waals surface area contributed by atoms with Gasteiger partial charge >= 0.3 is 0 Å². The van der Waals surface area contributed by atoms with Crippen molar-refractivity contribution in [3.8, 4) is 6.07 Å². The lowest BCUT2D eigenvalue weighted by Crippen LogP contribution is -2.30. The Balaban J connectivity index is 2.79. The summed E-state index contributed by atoms with van der Waals surface area (Å²) in [6, 6.07) is 4.10. The summed E-state index contributed by atoms with van der Waals surface area (Å²) < 4.78 is 0. The molecule has 0 aliphatic carbocycles. The molecule has 1 rings (SSSR count). The van der Waals surface area contributed by atoms with Crippen LogP contribution in [0.15, 0.2) is 12.4 Å². The number of rotatable bonds is 5. The average molecular weight is 261 g/mol. The van der Waals surface area contributed by atoms with E-state index in [0.717, 1.165) is 18.2 Å². The zero-order valence-corrected chi connectivity index (χ0v) is 12.5. The Morgan fingerprint density at radius 2 is 1.74 bits per heavy atom. The molecule has 0 aromatic carbocycles. The van der Waals surface area contributed by atoms with E-state index in [1.54, 1.807) is 6.33 Å². The molecule has 5 heteroatoms. The van der Waals surface area contributed by atoms with E-state index in [-0.39, 0.29) is 5.41 Å². The van der Waals surface area contributed by atoms with E-state index in [9.17, 15) is 0 Å². The lowest BCUT2D eigenvalue weighted by Gasteiger charge is -2.28. The van der Waals surface area contributed by atoms with Gasteiger partial charge < -0.3 is 9.80 Å². The molecule has 0 unspecified atom stereocenters. The minimum Gasteiger partial charge on any atom is -0.359 e. The molecule has 0 aliphatic heterocycles. The Morgan fingerprint density at radius 3 is 2.26 bits per heavy atom. The van der Waals surface area contributed by atoms with Crippen LogP contribution >= 0.6 is 0 Å². The highest BCUT2D eigenvalue weighted by atomic mass is 15.2. The van der Waals surface area contributed by atoms with Gasteiger partial charge in [-0.1, -0.05) is 20.8 Å². The predicted octanol–water partition coefficient (Wildman–Crippen LogP) is 2.31. The van der Waals surface area contributed by atoms with E-state index in [1.165, 1.54) is 0 Å². The van der Waals surface area contributed by atoms with Gasteiger partial charge in [-0.25, -0.2) is 9.97 Å². The third-order valence-electron chi connectivity index (χ3n) is 2.69. The molecule has 0 fully saturated rings. The summed E-state index contributed by atoms with van der Waals surface area (Å²) in [5.74, 6) is 1.75. The van der Waals surface area contributed by atoms with Crippen LogP contribution in [0.1, 0.15) is 27.2 Å². The van der Waals surface area contributed by atoms with E-state index in [0.29, 0.717) is 13.0 Å². The molecule has 5 nitrogen and oxygen atoms in total. The Morgan fingerprint density at radius 1 is 1.16 bits per heavy atom. The van der Waals surface area contributed by atoms with Gasteiger partial charge in [-0.15, -0.1) is 0 Å². The van der Waals surface area contributed by atoms with E-state index in [4.69, 9.17) is 5.26 Å². The maximum absolute atomic E-state index is 8.61. The highest BCUT2D eigenvalue weighted by Gasteiger charge is 2.15. The van der Waals surface area contributed by atoms with Gasteiger partial charge in [-0.3, -0.25) is 0 Å². The molecule has 0 amide bonds. The van der Waals surface area contributed by atoms with E-state index in [1.807, 2.05) is 25.1 Å². The molecule has 0 radical (unpaired) electrons. The summed E-state index contributed by atoms with van der Waals surface area (Å²) >= 11 is 0. The molecule has 0 saturated heterocycles. The van der Waals surface area contributed by atoms with Crippen molar-refractivity contribution in [1.82, 2.24) is 9.97 Å². The highest BCUT2D eigenvalue weighted by molar-refractivity contribution is 5.49. The van der Waals surface area contributed by atoms with Crippen molar-refractivity contribution >= 4 is 11.6 Å². The van der Waals surface area contributed by atoms with Crippen molar-refractivity contribution in [2.24, 2.45) is 5.41 Å². The lowest BCUT2D eigenvalue weighted by molar-refractivity contribution is 0.417. The largest absolute Gasteiger partial charge is 0.359 e. The summed E-state index contributed by atoms with van der Waals surface area (Å²) in [5.41, 5.74) is 0.215. The van der Waals surface area contributed by atoms with Gasteiger partial charge in [-0.2, -0.15) is 5.26 Å². The molecule has 0 atom stereocenters. The highest BCUT2D eigenvalue weighted by Crippen LogP contribution is 2.20. The molecule has 104 valence electrons. The van der Waals surface area contributed by atoms with Crippen LogP contribution in [-0.4, -0.2) is 37.2 Å². The van der Waals surface area contributed by atoms with Crippen LogP contribution < -0.4 is 9.80 Å². The first-order valence-corrected chi connectivity index (χ1v) is 6.45. The number of aromatic nitrogens is 2. The molecule has 19 heavy (non-hydrogen) atoms. The smallest absolute Gasteiger partial charge is 0.133 e. The molecule has 0 saturated carbocycles. The van der Waals surface area contributed by atoms with Crippen molar-refractivity contribution < 1.29 is 0 Å². The van der Waals surface area contributed by atoms with E-state index < -0.39 is 0 Å². The van der Waals surface area contributed by atoms with Crippen LogP contribution in [0.25, 0.3) is 0 Å². The standard InChI is InChI=1S/C14H23N5/c1-14(2,3)10-19(5)13-9-12(16-11-17-13)18(4)8-6-7-15/h9,11H,6,8,10H2,1-5H3. The Labute approximate surface area is 115 Å². The Bertz CT molecular complexity index is 444. The van der Waals surface area contributed by atoms with Gasteiger partial charge in [0.15, 0.2) is 0 Å². The van der Waals surface area contributed by atoms with Gasteiger partial charge in [-0.05, 0) is 5.41 Å². The minimum atomic E-state index is 0.215. The third-order valence-corrected chi connectivity index (χ3v) is 2.69.